The predicted octanol–water partition coefficient (Wildman–Crippen LogP) is 6.62. The molecule has 3 aromatic rings. The normalized spacial score (nSPS) is 14.4. The highest BCUT2D eigenvalue weighted by atomic mass is 79.9. The summed E-state index contributed by atoms with van der Waals surface area (Å²) in [7, 11) is 0. The van der Waals surface area contributed by atoms with E-state index in [1.165, 1.54) is 11.8 Å². The minimum absolute atomic E-state index is 0.0561. The van der Waals surface area contributed by atoms with Gasteiger partial charge in [0.2, 0.25) is 5.91 Å². The number of hydrogen-bond donors (Lipinski definition) is 1. The Balaban J connectivity index is 1.47. The molecule has 32 heavy (non-hydrogen) atoms. The average molecular weight is 577 g/mol. The molecule has 4 rings (SSSR count). The molecule has 1 aliphatic heterocycles. The molecule has 0 unspecified atom stereocenters. The fourth-order valence-corrected chi connectivity index (χ4v) is 5.70. The smallest absolute Gasteiger partial charge is 0.256 e. The van der Waals surface area contributed by atoms with Crippen molar-refractivity contribution < 1.29 is 9.59 Å². The van der Waals surface area contributed by atoms with E-state index in [9.17, 15) is 9.59 Å². The number of benzene rings is 2. The Labute approximate surface area is 208 Å². The van der Waals surface area contributed by atoms with Crippen LogP contribution >= 0.6 is 43.2 Å². The predicted molar refractivity (Wildman–Crippen MR) is 136 cm³/mol. The molecule has 0 radical (unpaired) electrons. The molecule has 2 heterocycles. The van der Waals surface area contributed by atoms with Crippen LogP contribution in [0.2, 0.25) is 0 Å². The number of rotatable bonds is 4. The molecule has 0 atom stereocenters. The highest BCUT2D eigenvalue weighted by molar-refractivity contribution is 9.10. The van der Waals surface area contributed by atoms with Crippen molar-refractivity contribution in [2.24, 2.45) is 0 Å². The second kappa shape index (κ2) is 9.85. The summed E-state index contributed by atoms with van der Waals surface area (Å²) >= 11 is 8.68. The molecule has 0 saturated carbocycles. The van der Waals surface area contributed by atoms with E-state index in [0.29, 0.717) is 30.3 Å². The van der Waals surface area contributed by atoms with Crippen LogP contribution < -0.4 is 5.32 Å². The molecule has 1 N–H and O–H groups in total. The summed E-state index contributed by atoms with van der Waals surface area (Å²) in [5.74, 6) is 0.101. The fraction of sp³-hybridized carbons (Fsp3) is 0.292. The number of carbonyl (C=O) groups is 2. The molecule has 166 valence electrons. The van der Waals surface area contributed by atoms with Crippen LogP contribution in [0.5, 0.6) is 0 Å². The first-order chi connectivity index (χ1) is 15.3. The van der Waals surface area contributed by atoms with Gasteiger partial charge >= 0.3 is 0 Å². The molecule has 1 aromatic heterocycles. The van der Waals surface area contributed by atoms with E-state index in [1.54, 1.807) is 23.5 Å². The lowest BCUT2D eigenvalue weighted by molar-refractivity contribution is -0.114. The van der Waals surface area contributed by atoms with Gasteiger partial charge in [-0.05, 0) is 50.1 Å². The minimum atomic E-state index is -0.194. The topological polar surface area (TPSA) is 62.3 Å². The van der Waals surface area contributed by atoms with Gasteiger partial charge in [-0.2, -0.15) is 0 Å². The van der Waals surface area contributed by atoms with Crippen LogP contribution in [0.25, 0.3) is 11.3 Å². The number of likely N-dealkylation sites (tertiary alicyclic amines) is 1. The number of carbonyl (C=O) groups excluding carboxylic acids is 2. The van der Waals surface area contributed by atoms with Gasteiger partial charge in [-0.1, -0.05) is 44.0 Å². The summed E-state index contributed by atoms with van der Waals surface area (Å²) in [5, 5.41) is 3.91. The van der Waals surface area contributed by atoms with E-state index in [4.69, 9.17) is 4.98 Å². The zero-order valence-electron chi connectivity index (χ0n) is 17.8. The van der Waals surface area contributed by atoms with E-state index in [-0.39, 0.29) is 11.8 Å². The van der Waals surface area contributed by atoms with Gasteiger partial charge < -0.3 is 10.2 Å². The number of anilines is 1. The first-order valence-corrected chi connectivity index (χ1v) is 12.8. The lowest BCUT2D eigenvalue weighted by atomic mass is 9.96. The van der Waals surface area contributed by atoms with Crippen LogP contribution in [-0.4, -0.2) is 34.8 Å². The molecule has 1 saturated heterocycles. The molecule has 0 spiro atoms. The molecule has 1 aliphatic rings. The van der Waals surface area contributed by atoms with Crippen molar-refractivity contribution in [2.75, 3.05) is 18.4 Å². The second-order valence-corrected chi connectivity index (χ2v) is 11.0. The third-order valence-corrected chi connectivity index (χ3v) is 7.74. The van der Waals surface area contributed by atoms with Crippen molar-refractivity contribution in [3.63, 3.8) is 0 Å². The Morgan fingerprint density at radius 1 is 1.06 bits per heavy atom. The molecule has 0 aliphatic carbocycles. The number of piperidine rings is 1. The maximum absolute atomic E-state index is 13.2. The lowest BCUT2D eigenvalue weighted by Crippen LogP contribution is -2.38. The first-order valence-electron chi connectivity index (χ1n) is 10.4. The van der Waals surface area contributed by atoms with Crippen LogP contribution in [0.4, 0.5) is 5.69 Å². The van der Waals surface area contributed by atoms with Gasteiger partial charge in [0.05, 0.1) is 22.0 Å². The van der Waals surface area contributed by atoms with E-state index >= 15 is 0 Å². The summed E-state index contributed by atoms with van der Waals surface area (Å²) in [4.78, 5) is 32.8. The van der Waals surface area contributed by atoms with Gasteiger partial charge in [-0.25, -0.2) is 4.98 Å². The molecular formula is C24H23Br2N3O2S. The number of nitrogens with one attached hydrogen (secondary N) is 1. The number of halogens is 2. The quantitative estimate of drug-likeness (QED) is 0.379. The van der Waals surface area contributed by atoms with Gasteiger partial charge in [-0.15, -0.1) is 11.3 Å². The van der Waals surface area contributed by atoms with Crippen LogP contribution in [0.1, 0.15) is 45.9 Å². The van der Waals surface area contributed by atoms with Crippen molar-refractivity contribution in [1.82, 2.24) is 9.88 Å². The molecule has 2 amide bonds. The monoisotopic (exact) mass is 575 g/mol. The fourth-order valence-electron chi connectivity index (χ4n) is 3.96. The van der Waals surface area contributed by atoms with Crippen LogP contribution in [0.15, 0.2) is 51.4 Å². The zero-order chi connectivity index (χ0) is 22.8. The summed E-state index contributed by atoms with van der Waals surface area (Å²) in [6.07, 6.45) is 1.75. The molecule has 1 fully saturated rings. The lowest BCUT2D eigenvalue weighted by Gasteiger charge is -2.31. The van der Waals surface area contributed by atoms with Crippen molar-refractivity contribution in [1.29, 1.82) is 0 Å². The first kappa shape index (κ1) is 23.1. The van der Waals surface area contributed by atoms with Crippen molar-refractivity contribution in [3.05, 3.63) is 66.9 Å². The highest BCUT2D eigenvalue weighted by Gasteiger charge is 2.28. The number of amides is 2. The van der Waals surface area contributed by atoms with Crippen molar-refractivity contribution in [2.45, 2.75) is 32.6 Å². The Hall–Kier alpha value is -2.03. The summed E-state index contributed by atoms with van der Waals surface area (Å²) in [6.45, 7) is 4.90. The van der Waals surface area contributed by atoms with Crippen LogP contribution in [0.3, 0.4) is 0 Å². The number of thiazole rings is 1. The van der Waals surface area contributed by atoms with E-state index in [2.05, 4.69) is 56.2 Å². The third kappa shape index (κ3) is 5.13. The van der Waals surface area contributed by atoms with Gasteiger partial charge in [0.25, 0.3) is 5.91 Å². The van der Waals surface area contributed by atoms with Crippen molar-refractivity contribution in [3.8, 4) is 11.3 Å². The number of nitrogens with zero attached hydrogens (tertiary/aromatic N) is 2. The number of aryl methyl sites for hydroxylation is 1. The van der Waals surface area contributed by atoms with Gasteiger partial charge in [-0.3, -0.25) is 9.59 Å². The number of hydrogen-bond acceptors (Lipinski definition) is 4. The molecule has 0 bridgehead atoms. The van der Waals surface area contributed by atoms with Crippen LogP contribution in [0, 0.1) is 6.92 Å². The minimum Gasteiger partial charge on any atom is -0.339 e. The highest BCUT2D eigenvalue weighted by Crippen LogP contribution is 2.36. The second-order valence-electron chi connectivity index (χ2n) is 7.90. The van der Waals surface area contributed by atoms with Gasteiger partial charge in [0.1, 0.15) is 0 Å². The molecular weight excluding hydrogens is 554 g/mol. The van der Waals surface area contributed by atoms with Gasteiger partial charge in [0.15, 0.2) is 0 Å². The maximum Gasteiger partial charge on any atom is 0.256 e. The number of aromatic nitrogens is 1. The zero-order valence-corrected chi connectivity index (χ0v) is 21.8. The summed E-state index contributed by atoms with van der Waals surface area (Å²) in [6, 6.07) is 13.6. The third-order valence-electron chi connectivity index (χ3n) is 5.58. The summed E-state index contributed by atoms with van der Waals surface area (Å²) < 4.78 is 1.86. The molecule has 5 nitrogen and oxygen atoms in total. The van der Waals surface area contributed by atoms with Crippen molar-refractivity contribution >= 4 is 60.7 Å². The molecule has 8 heteroatoms. The van der Waals surface area contributed by atoms with Gasteiger partial charge in [0, 0.05) is 45.3 Å². The molecule has 2 aromatic carbocycles. The van der Waals surface area contributed by atoms with E-state index in [0.717, 1.165) is 38.1 Å². The standard InChI is InChI=1S/C24H23Br2N3O2S/c1-14-22(16-3-5-18(25)6-4-16)28-23(32-14)17-9-11-29(12-10-17)24(31)20-13-19(26)7-8-21(20)27-15(2)30/h3-8,13,17H,9-12H2,1-2H3,(H,27,30). The van der Waals surface area contributed by atoms with E-state index < -0.39 is 0 Å². The Morgan fingerprint density at radius 3 is 2.38 bits per heavy atom. The summed E-state index contributed by atoms with van der Waals surface area (Å²) in [5.41, 5.74) is 3.23. The Kier molecular flexibility index (Phi) is 7.12. The maximum atomic E-state index is 13.2. The largest absolute Gasteiger partial charge is 0.339 e. The Bertz CT molecular complexity index is 1150. The Morgan fingerprint density at radius 2 is 1.72 bits per heavy atom. The SMILES string of the molecule is CC(=O)Nc1ccc(Br)cc1C(=O)N1CCC(c2nc(-c3ccc(Br)cc3)c(C)s2)CC1. The van der Waals surface area contributed by atoms with Crippen LogP contribution in [-0.2, 0) is 4.79 Å². The average Bonchev–Trinajstić information content (AvgIpc) is 3.16. The van der Waals surface area contributed by atoms with E-state index in [1.807, 2.05) is 23.1 Å².